The van der Waals surface area contributed by atoms with E-state index in [1.54, 1.807) is 36.4 Å². The molecule has 0 spiro atoms. The molecule has 0 fully saturated rings. The van der Waals surface area contributed by atoms with Crippen molar-refractivity contribution in [2.24, 2.45) is 0 Å². The zero-order valence-corrected chi connectivity index (χ0v) is 21.9. The van der Waals surface area contributed by atoms with Gasteiger partial charge in [-0.1, -0.05) is 48.5 Å². The highest BCUT2D eigenvalue weighted by Crippen LogP contribution is 2.32. The topological polar surface area (TPSA) is 173 Å². The van der Waals surface area contributed by atoms with Crippen LogP contribution in [0.15, 0.2) is 97.1 Å². The van der Waals surface area contributed by atoms with E-state index >= 15 is 0 Å². The van der Waals surface area contributed by atoms with Crippen LogP contribution in [-0.2, 0) is 21.3 Å². The molecular weight excluding hydrogens is 556 g/mol. The third kappa shape index (κ3) is 7.36. The van der Waals surface area contributed by atoms with Gasteiger partial charge in [-0.15, -0.1) is 0 Å². The number of esters is 2. The monoisotopic (exact) mass is 576 g/mol. The molecule has 0 radical (unpaired) electrons. The molecule has 4 rings (SSSR count). The highest BCUT2D eigenvalue weighted by Gasteiger charge is 2.24. The maximum absolute atomic E-state index is 12.9. The van der Waals surface area contributed by atoms with E-state index in [1.165, 1.54) is 36.4 Å². The Bertz CT molecular complexity index is 1620. The molecule has 4 aromatic carbocycles. The number of nitrogens with zero attached hydrogens (tertiary/aromatic N) is 2. The first-order valence-corrected chi connectivity index (χ1v) is 13.6. The lowest BCUT2D eigenvalue weighted by atomic mass is 10.2. The summed E-state index contributed by atoms with van der Waals surface area (Å²) in [6.45, 7) is 0. The van der Waals surface area contributed by atoms with Gasteiger partial charge >= 0.3 is 23.3 Å². The van der Waals surface area contributed by atoms with Gasteiger partial charge in [0.2, 0.25) is 11.5 Å². The van der Waals surface area contributed by atoms with Crippen LogP contribution in [0.4, 0.5) is 11.4 Å². The molecule has 0 aliphatic heterocycles. The van der Waals surface area contributed by atoms with Crippen LogP contribution in [-0.4, -0.2) is 30.2 Å². The Kier molecular flexibility index (Phi) is 8.48. The normalized spacial score (nSPS) is 10.9. The van der Waals surface area contributed by atoms with E-state index in [1.807, 2.05) is 0 Å². The van der Waals surface area contributed by atoms with Crippen LogP contribution in [0.5, 0.6) is 11.5 Å². The minimum Gasteiger partial charge on any atom is -0.416 e. The standard InChI is InChI=1S/C28H20N2O10S/c31-27(21-7-3-1-4-8-21)39-25-13-11-19(15-23(25)29(33)34)17-41(37,38)18-20-12-14-26(24(16-20)30(35)36)40-28(32)22-9-5-2-6-10-22/h1-16H,17-18H2. The number of carbonyl (C=O) groups is 2. The Hall–Kier alpha value is -5.43. The van der Waals surface area contributed by atoms with Gasteiger partial charge < -0.3 is 9.47 Å². The molecular formula is C28H20N2O10S. The molecule has 0 atom stereocenters. The van der Waals surface area contributed by atoms with Crippen LogP contribution in [0, 0.1) is 20.2 Å². The number of carbonyl (C=O) groups excluding carboxylic acids is 2. The average Bonchev–Trinajstić information content (AvgIpc) is 2.95. The first-order chi connectivity index (χ1) is 19.5. The van der Waals surface area contributed by atoms with Crippen LogP contribution in [0.25, 0.3) is 0 Å². The molecule has 41 heavy (non-hydrogen) atoms. The fourth-order valence-electron chi connectivity index (χ4n) is 3.79. The van der Waals surface area contributed by atoms with E-state index < -0.39 is 54.5 Å². The molecule has 0 N–H and O–H groups in total. The van der Waals surface area contributed by atoms with Crippen LogP contribution < -0.4 is 9.47 Å². The summed E-state index contributed by atoms with van der Waals surface area (Å²) in [5, 5.41) is 23.2. The van der Waals surface area contributed by atoms with Crippen molar-refractivity contribution in [2.75, 3.05) is 0 Å². The van der Waals surface area contributed by atoms with Gasteiger partial charge in [0.05, 0.1) is 32.5 Å². The summed E-state index contributed by atoms with van der Waals surface area (Å²) in [6.07, 6.45) is 0. The van der Waals surface area contributed by atoms with Gasteiger partial charge in [0.15, 0.2) is 9.84 Å². The van der Waals surface area contributed by atoms with E-state index in [4.69, 9.17) is 9.47 Å². The Balaban J connectivity index is 1.51. The molecule has 0 aliphatic carbocycles. The second-order valence-corrected chi connectivity index (χ2v) is 10.7. The predicted octanol–water partition coefficient (Wildman–Crippen LogP) is 5.06. The molecule has 0 amide bonds. The van der Waals surface area contributed by atoms with E-state index in [0.717, 1.165) is 24.3 Å². The number of sulfone groups is 1. The Morgan fingerprint density at radius 1 is 0.610 bits per heavy atom. The molecule has 0 unspecified atom stereocenters. The molecule has 0 aromatic heterocycles. The van der Waals surface area contributed by atoms with Crippen LogP contribution in [0.3, 0.4) is 0 Å². The van der Waals surface area contributed by atoms with Gasteiger partial charge in [-0.25, -0.2) is 18.0 Å². The smallest absolute Gasteiger partial charge is 0.343 e. The molecule has 4 aromatic rings. The molecule has 0 aliphatic rings. The number of hydrogen-bond donors (Lipinski definition) is 0. The van der Waals surface area contributed by atoms with E-state index in [0.29, 0.717) is 0 Å². The third-order valence-electron chi connectivity index (χ3n) is 5.64. The van der Waals surface area contributed by atoms with E-state index in [9.17, 15) is 38.2 Å². The van der Waals surface area contributed by atoms with Gasteiger partial charge in [-0.2, -0.15) is 0 Å². The Morgan fingerprint density at radius 3 is 1.32 bits per heavy atom. The van der Waals surface area contributed by atoms with Gasteiger partial charge in [0.25, 0.3) is 0 Å². The highest BCUT2D eigenvalue weighted by atomic mass is 32.2. The number of hydrogen-bond acceptors (Lipinski definition) is 10. The van der Waals surface area contributed by atoms with Gasteiger partial charge in [0.1, 0.15) is 0 Å². The third-order valence-corrected chi connectivity index (χ3v) is 7.18. The summed E-state index contributed by atoms with van der Waals surface area (Å²) in [5.41, 5.74) is -0.797. The largest absolute Gasteiger partial charge is 0.416 e. The van der Waals surface area contributed by atoms with Crippen molar-refractivity contribution in [2.45, 2.75) is 11.5 Å². The van der Waals surface area contributed by atoms with Crippen LogP contribution in [0.2, 0.25) is 0 Å². The van der Waals surface area contributed by atoms with Crippen molar-refractivity contribution in [3.8, 4) is 11.5 Å². The maximum Gasteiger partial charge on any atom is 0.343 e. The number of benzene rings is 4. The summed E-state index contributed by atoms with van der Waals surface area (Å²) in [4.78, 5) is 46.3. The molecule has 0 saturated carbocycles. The lowest BCUT2D eigenvalue weighted by Gasteiger charge is -2.09. The lowest BCUT2D eigenvalue weighted by molar-refractivity contribution is -0.385. The molecule has 208 valence electrons. The minimum absolute atomic E-state index is 0.0409. The van der Waals surface area contributed by atoms with E-state index in [-0.39, 0.29) is 33.8 Å². The Labute approximate surface area is 233 Å². The predicted molar refractivity (Wildman–Crippen MR) is 145 cm³/mol. The van der Waals surface area contributed by atoms with Crippen molar-refractivity contribution in [1.29, 1.82) is 0 Å². The second-order valence-electron chi connectivity index (χ2n) is 8.66. The van der Waals surface area contributed by atoms with E-state index in [2.05, 4.69) is 0 Å². The van der Waals surface area contributed by atoms with Gasteiger partial charge in [-0.3, -0.25) is 20.2 Å². The molecule has 0 saturated heterocycles. The van der Waals surface area contributed by atoms with Crippen molar-refractivity contribution in [1.82, 2.24) is 0 Å². The number of ether oxygens (including phenoxy) is 2. The lowest BCUT2D eigenvalue weighted by Crippen LogP contribution is -2.12. The SMILES string of the molecule is O=C(Oc1ccc(CS(=O)(=O)Cc2ccc(OC(=O)c3ccccc3)c([N+](=O)[O-])c2)cc1[N+](=O)[O-])c1ccccc1. The molecule has 12 nitrogen and oxygen atoms in total. The van der Waals surface area contributed by atoms with Crippen molar-refractivity contribution < 1.29 is 37.3 Å². The number of nitro groups is 2. The highest BCUT2D eigenvalue weighted by molar-refractivity contribution is 7.89. The summed E-state index contributed by atoms with van der Waals surface area (Å²) >= 11 is 0. The fraction of sp³-hybridized carbons (Fsp3) is 0.0714. The first-order valence-electron chi connectivity index (χ1n) is 11.8. The van der Waals surface area contributed by atoms with Crippen molar-refractivity contribution >= 4 is 33.2 Å². The Morgan fingerprint density at radius 2 is 0.976 bits per heavy atom. The van der Waals surface area contributed by atoms with Gasteiger partial charge in [0, 0.05) is 12.1 Å². The zero-order valence-electron chi connectivity index (χ0n) is 21.0. The van der Waals surface area contributed by atoms with Crippen LogP contribution >= 0.6 is 0 Å². The zero-order chi connectivity index (χ0) is 29.6. The average molecular weight is 577 g/mol. The first kappa shape index (κ1) is 28.6. The van der Waals surface area contributed by atoms with Gasteiger partial charge in [-0.05, 0) is 47.5 Å². The minimum atomic E-state index is -3.99. The maximum atomic E-state index is 12.9. The summed E-state index contributed by atoms with van der Waals surface area (Å²) in [7, 11) is -3.99. The second kappa shape index (κ2) is 12.2. The summed E-state index contributed by atoms with van der Waals surface area (Å²) in [5.74, 6) is -3.65. The summed E-state index contributed by atoms with van der Waals surface area (Å²) < 4.78 is 36.1. The van der Waals surface area contributed by atoms with Crippen LogP contribution in [0.1, 0.15) is 31.8 Å². The number of nitro benzene ring substituents is 2. The summed E-state index contributed by atoms with van der Waals surface area (Å²) in [6, 6.07) is 22.4. The number of rotatable bonds is 10. The quantitative estimate of drug-likeness (QED) is 0.107. The molecule has 0 heterocycles. The fourth-order valence-corrected chi connectivity index (χ4v) is 5.27. The molecule has 13 heteroatoms. The molecule has 0 bridgehead atoms. The van der Waals surface area contributed by atoms with Crippen molar-refractivity contribution in [3.63, 3.8) is 0 Å². The van der Waals surface area contributed by atoms with Crippen molar-refractivity contribution in [3.05, 3.63) is 140 Å².